The second kappa shape index (κ2) is 11.8. The Morgan fingerprint density at radius 2 is 0.755 bits per heavy atom. The highest BCUT2D eigenvalue weighted by atomic mass is 16.3. The third kappa shape index (κ3) is 4.71. The maximum absolute atomic E-state index is 6.71. The molecule has 0 N–H and O–H groups in total. The van der Waals surface area contributed by atoms with Crippen LogP contribution in [0.25, 0.3) is 110 Å². The second-order valence-electron chi connectivity index (χ2n) is 14.0. The number of rotatable bonds is 4. The highest BCUT2D eigenvalue weighted by Gasteiger charge is 2.19. The van der Waals surface area contributed by atoms with Gasteiger partial charge in [0.15, 0.2) is 0 Å². The van der Waals surface area contributed by atoms with Gasteiger partial charge in [-0.05, 0) is 106 Å². The number of fused-ring (bicyclic) bond motifs is 8. The number of hydrogen-bond donors (Lipinski definition) is 0. The van der Waals surface area contributed by atoms with E-state index in [1.54, 1.807) is 0 Å². The van der Waals surface area contributed by atoms with Gasteiger partial charge in [-0.2, -0.15) is 0 Å². The first-order valence-corrected chi connectivity index (χ1v) is 18.3. The van der Waals surface area contributed by atoms with Crippen molar-refractivity contribution in [1.82, 2.24) is 0 Å². The van der Waals surface area contributed by atoms with Gasteiger partial charge in [0, 0.05) is 16.2 Å². The molecule has 1 heteroatoms. The Balaban J connectivity index is 1.14. The van der Waals surface area contributed by atoms with E-state index in [4.69, 9.17) is 4.42 Å². The Kier molecular flexibility index (Phi) is 6.62. The lowest BCUT2D eigenvalue weighted by Crippen LogP contribution is -1.91. The first-order chi connectivity index (χ1) is 26.3. The van der Waals surface area contributed by atoms with E-state index in [0.29, 0.717) is 0 Å². The van der Waals surface area contributed by atoms with E-state index < -0.39 is 0 Å². The summed E-state index contributed by atoms with van der Waals surface area (Å²) in [5.41, 5.74) is 11.6. The summed E-state index contributed by atoms with van der Waals surface area (Å²) >= 11 is 0. The van der Waals surface area contributed by atoms with Crippen LogP contribution in [0.3, 0.4) is 0 Å². The van der Waals surface area contributed by atoms with E-state index in [1.165, 1.54) is 82.2 Å². The van der Waals surface area contributed by atoms with Crippen LogP contribution in [-0.4, -0.2) is 0 Å². The first-order valence-electron chi connectivity index (χ1n) is 18.3. The van der Waals surface area contributed by atoms with Crippen LogP contribution < -0.4 is 0 Å². The minimum absolute atomic E-state index is 0.895. The number of furan rings is 1. The van der Waals surface area contributed by atoms with Crippen molar-refractivity contribution >= 4 is 65.0 Å². The molecule has 10 aromatic carbocycles. The zero-order valence-corrected chi connectivity index (χ0v) is 28.9. The smallest absolute Gasteiger partial charge is 0.143 e. The summed E-state index contributed by atoms with van der Waals surface area (Å²) < 4.78 is 6.71. The third-order valence-corrected chi connectivity index (χ3v) is 11.0. The lowest BCUT2D eigenvalue weighted by molar-refractivity contribution is 0.673. The number of hydrogen-bond acceptors (Lipinski definition) is 1. The van der Waals surface area contributed by atoms with Crippen molar-refractivity contribution in [3.8, 4) is 44.5 Å². The zero-order valence-electron chi connectivity index (χ0n) is 28.9. The van der Waals surface area contributed by atoms with Crippen LogP contribution in [0.5, 0.6) is 0 Å². The summed E-state index contributed by atoms with van der Waals surface area (Å²) in [4.78, 5) is 0. The Labute approximate surface area is 307 Å². The maximum atomic E-state index is 6.71. The van der Waals surface area contributed by atoms with Crippen molar-refractivity contribution in [2.45, 2.75) is 0 Å². The topological polar surface area (TPSA) is 13.1 Å². The molecule has 1 aromatic heterocycles. The zero-order chi connectivity index (χ0) is 34.9. The molecule has 0 atom stereocenters. The predicted molar refractivity (Wildman–Crippen MR) is 225 cm³/mol. The fourth-order valence-electron chi connectivity index (χ4n) is 8.56. The van der Waals surface area contributed by atoms with E-state index in [2.05, 4.69) is 194 Å². The van der Waals surface area contributed by atoms with E-state index in [-0.39, 0.29) is 0 Å². The maximum Gasteiger partial charge on any atom is 0.143 e. The van der Waals surface area contributed by atoms with Crippen LogP contribution in [-0.2, 0) is 0 Å². The fraction of sp³-hybridized carbons (Fsp3) is 0. The molecule has 53 heavy (non-hydrogen) atoms. The van der Waals surface area contributed by atoms with Gasteiger partial charge in [0.2, 0.25) is 0 Å². The molecular formula is C52H32O. The van der Waals surface area contributed by atoms with Crippen molar-refractivity contribution in [3.63, 3.8) is 0 Å². The van der Waals surface area contributed by atoms with Gasteiger partial charge < -0.3 is 4.42 Å². The van der Waals surface area contributed by atoms with Gasteiger partial charge in [-0.1, -0.05) is 170 Å². The average Bonchev–Trinajstić information content (AvgIpc) is 3.61. The van der Waals surface area contributed by atoms with E-state index in [0.717, 1.165) is 27.3 Å². The largest absolute Gasteiger partial charge is 0.455 e. The Hall–Kier alpha value is -6.96. The predicted octanol–water partition coefficient (Wildman–Crippen LogP) is 14.9. The van der Waals surface area contributed by atoms with Crippen LogP contribution in [0.1, 0.15) is 0 Å². The minimum Gasteiger partial charge on any atom is -0.455 e. The summed E-state index contributed by atoms with van der Waals surface area (Å²) in [6.07, 6.45) is 0. The quantitative estimate of drug-likeness (QED) is 0.170. The SMILES string of the molecule is c1ccc(-c2ccc(-c3cc4c5cc(-c6c7ccccc7c(-c7ccc8ccccc8c7)c7ccccc67)ccc5oc4c4ccccc34)cc2)cc1. The van der Waals surface area contributed by atoms with Crippen LogP contribution in [0.2, 0.25) is 0 Å². The molecule has 0 bridgehead atoms. The van der Waals surface area contributed by atoms with Gasteiger partial charge >= 0.3 is 0 Å². The Bertz CT molecular complexity index is 3150. The van der Waals surface area contributed by atoms with Crippen molar-refractivity contribution in [2.75, 3.05) is 0 Å². The van der Waals surface area contributed by atoms with Gasteiger partial charge in [0.05, 0.1) is 0 Å². The molecule has 0 unspecified atom stereocenters. The van der Waals surface area contributed by atoms with Gasteiger partial charge in [-0.25, -0.2) is 0 Å². The molecule has 246 valence electrons. The molecule has 0 aliphatic carbocycles. The molecule has 0 fully saturated rings. The number of benzene rings is 10. The molecule has 1 nitrogen and oxygen atoms in total. The van der Waals surface area contributed by atoms with Crippen LogP contribution in [0.4, 0.5) is 0 Å². The van der Waals surface area contributed by atoms with Crippen LogP contribution in [0, 0.1) is 0 Å². The second-order valence-corrected chi connectivity index (χ2v) is 14.0. The third-order valence-electron chi connectivity index (χ3n) is 11.0. The van der Waals surface area contributed by atoms with Gasteiger partial charge in [-0.15, -0.1) is 0 Å². The summed E-state index contributed by atoms with van der Waals surface area (Å²) in [6.45, 7) is 0. The monoisotopic (exact) mass is 672 g/mol. The summed E-state index contributed by atoms with van der Waals surface area (Å²) in [6, 6.07) is 70.5. The van der Waals surface area contributed by atoms with Crippen molar-refractivity contribution in [1.29, 1.82) is 0 Å². The van der Waals surface area contributed by atoms with Gasteiger partial charge in [0.25, 0.3) is 0 Å². The molecule has 0 aliphatic rings. The lowest BCUT2D eigenvalue weighted by Gasteiger charge is -2.18. The molecule has 11 rings (SSSR count). The molecule has 1 heterocycles. The standard InChI is InChI=1S/C52H32O/c1-2-12-33(13-3-1)35-22-25-36(26-23-35)46-32-48-47-31-39(28-29-49(47)53-52(48)45-21-11-6-16-40(45)46)51-43-19-9-7-17-41(43)50(42-18-8-10-20-44(42)51)38-27-24-34-14-4-5-15-37(34)30-38/h1-32H. The van der Waals surface area contributed by atoms with Crippen molar-refractivity contribution in [3.05, 3.63) is 194 Å². The highest BCUT2D eigenvalue weighted by molar-refractivity contribution is 6.24. The lowest BCUT2D eigenvalue weighted by atomic mass is 9.85. The summed E-state index contributed by atoms with van der Waals surface area (Å²) in [5.74, 6) is 0. The molecule has 0 aliphatic heterocycles. The van der Waals surface area contributed by atoms with Crippen LogP contribution in [0.15, 0.2) is 199 Å². The fourth-order valence-corrected chi connectivity index (χ4v) is 8.56. The normalized spacial score (nSPS) is 11.8. The van der Waals surface area contributed by atoms with Crippen molar-refractivity contribution < 1.29 is 4.42 Å². The average molecular weight is 673 g/mol. The van der Waals surface area contributed by atoms with E-state index in [1.807, 2.05) is 0 Å². The molecule has 0 amide bonds. The molecule has 0 saturated carbocycles. The van der Waals surface area contributed by atoms with E-state index in [9.17, 15) is 0 Å². The molecule has 0 spiro atoms. The Morgan fingerprint density at radius 1 is 0.264 bits per heavy atom. The molecular weight excluding hydrogens is 641 g/mol. The molecule has 0 saturated heterocycles. The highest BCUT2D eigenvalue weighted by Crippen LogP contribution is 2.46. The van der Waals surface area contributed by atoms with Gasteiger partial charge in [-0.3, -0.25) is 0 Å². The van der Waals surface area contributed by atoms with Gasteiger partial charge in [0.1, 0.15) is 11.2 Å². The summed E-state index contributed by atoms with van der Waals surface area (Å²) in [5, 5.41) is 12.1. The van der Waals surface area contributed by atoms with Crippen LogP contribution >= 0.6 is 0 Å². The summed E-state index contributed by atoms with van der Waals surface area (Å²) in [7, 11) is 0. The Morgan fingerprint density at radius 3 is 1.43 bits per heavy atom. The van der Waals surface area contributed by atoms with Crippen molar-refractivity contribution in [2.24, 2.45) is 0 Å². The molecule has 0 radical (unpaired) electrons. The minimum atomic E-state index is 0.895. The van der Waals surface area contributed by atoms with E-state index >= 15 is 0 Å². The molecule has 11 aromatic rings. The first kappa shape index (κ1) is 29.7.